The van der Waals surface area contributed by atoms with Crippen molar-refractivity contribution in [3.63, 3.8) is 0 Å². The molecule has 1 atom stereocenters. The number of rotatable bonds is 6. The van der Waals surface area contributed by atoms with Crippen LogP contribution >= 0.6 is 11.6 Å². The molecule has 7 heteroatoms. The summed E-state index contributed by atoms with van der Waals surface area (Å²) >= 11 is 6.05. The Morgan fingerprint density at radius 1 is 1.19 bits per heavy atom. The largest absolute Gasteiger partial charge is 1.00 e. The summed E-state index contributed by atoms with van der Waals surface area (Å²) < 4.78 is 12.3. The Labute approximate surface area is 195 Å². The molecule has 1 saturated heterocycles. The predicted octanol–water partition coefficient (Wildman–Crippen LogP) is 1.51. The van der Waals surface area contributed by atoms with Crippen LogP contribution in [0.5, 0.6) is 5.75 Å². The highest BCUT2D eigenvalue weighted by Crippen LogP contribution is 2.29. The summed E-state index contributed by atoms with van der Waals surface area (Å²) in [5.74, 6) is 0.576. The molecule has 0 unspecified atom stereocenters. The van der Waals surface area contributed by atoms with Gasteiger partial charge in [0, 0.05) is 28.4 Å². The van der Waals surface area contributed by atoms with Crippen molar-refractivity contribution in [2.75, 3.05) is 39.2 Å². The van der Waals surface area contributed by atoms with E-state index < -0.39 is 0 Å². The van der Waals surface area contributed by atoms with E-state index in [9.17, 15) is 4.79 Å². The van der Waals surface area contributed by atoms with E-state index in [0.717, 1.165) is 47.6 Å². The number of fused-ring (bicyclic) bond motifs is 1. The number of anilines is 1. The zero-order valence-electron chi connectivity index (χ0n) is 17.9. The first-order valence-electron chi connectivity index (χ1n) is 10.3. The molecule has 0 saturated carbocycles. The Balaban J connectivity index is 0.00000272. The van der Waals surface area contributed by atoms with Gasteiger partial charge in [-0.05, 0) is 49.2 Å². The molecule has 31 heavy (non-hydrogen) atoms. The van der Waals surface area contributed by atoms with Crippen LogP contribution in [0.2, 0.25) is 5.02 Å². The van der Waals surface area contributed by atoms with Gasteiger partial charge < -0.3 is 31.7 Å². The fourth-order valence-electron chi connectivity index (χ4n) is 4.08. The highest BCUT2D eigenvalue weighted by atomic mass is 35.5. The highest BCUT2D eigenvalue weighted by molar-refractivity contribution is 6.30. The fraction of sp³-hybridized carbons (Fsp3) is 0.375. The van der Waals surface area contributed by atoms with Gasteiger partial charge in [0.25, 0.3) is 5.91 Å². The second kappa shape index (κ2) is 10.0. The summed E-state index contributed by atoms with van der Waals surface area (Å²) in [6, 6.07) is 13.5. The minimum atomic E-state index is -0.164. The van der Waals surface area contributed by atoms with Gasteiger partial charge in [0.05, 0.1) is 19.7 Å². The number of likely N-dealkylation sites (N-methyl/N-ethyl adjacent to an activating group) is 1. The van der Waals surface area contributed by atoms with Crippen LogP contribution < -0.4 is 22.5 Å². The van der Waals surface area contributed by atoms with E-state index in [1.54, 1.807) is 12.1 Å². The van der Waals surface area contributed by atoms with Crippen LogP contribution in [0.15, 0.2) is 48.0 Å². The first-order chi connectivity index (χ1) is 14.4. The number of amides is 1. The molecule has 5 nitrogen and oxygen atoms in total. The fourth-order valence-corrected chi connectivity index (χ4v) is 4.26. The quantitative estimate of drug-likeness (QED) is 0.661. The van der Waals surface area contributed by atoms with E-state index in [2.05, 4.69) is 31.5 Å². The lowest BCUT2D eigenvalue weighted by Gasteiger charge is -2.32. The minimum absolute atomic E-state index is 0. The molecule has 2 aliphatic heterocycles. The molecular weight excluding hydrogens is 435 g/mol. The number of nitrogens with one attached hydrogen (secondary N) is 1. The van der Waals surface area contributed by atoms with Gasteiger partial charge in [0.1, 0.15) is 31.5 Å². The maximum absolute atomic E-state index is 12.7. The van der Waals surface area contributed by atoms with E-state index in [1.165, 1.54) is 12.0 Å². The van der Waals surface area contributed by atoms with Crippen molar-refractivity contribution in [1.29, 1.82) is 0 Å². The lowest BCUT2D eigenvalue weighted by atomic mass is 10.1. The SMILES string of the molecule is C[N+](C)(Cc1ccc(NC(=O)C2=Cc3cc(Cl)ccc3OC2)cc1)C[C@H]1CCCO1.[Cl-]. The van der Waals surface area contributed by atoms with Crippen LogP contribution in [0.4, 0.5) is 5.69 Å². The van der Waals surface area contributed by atoms with Gasteiger partial charge in [0.2, 0.25) is 0 Å². The number of quaternary nitrogens is 1. The number of carbonyl (C=O) groups excluding carboxylic acids is 1. The smallest absolute Gasteiger partial charge is 0.255 e. The minimum Gasteiger partial charge on any atom is -1.00 e. The summed E-state index contributed by atoms with van der Waals surface area (Å²) in [6.07, 6.45) is 4.52. The van der Waals surface area contributed by atoms with Crippen molar-refractivity contribution in [2.24, 2.45) is 0 Å². The summed E-state index contributed by atoms with van der Waals surface area (Å²) in [4.78, 5) is 12.7. The third-order valence-corrected chi connectivity index (χ3v) is 5.76. The third-order valence-electron chi connectivity index (χ3n) is 5.52. The maximum atomic E-state index is 12.7. The topological polar surface area (TPSA) is 47.6 Å². The van der Waals surface area contributed by atoms with Gasteiger partial charge in [-0.2, -0.15) is 0 Å². The van der Waals surface area contributed by atoms with Crippen molar-refractivity contribution in [2.45, 2.75) is 25.5 Å². The number of nitrogens with zero attached hydrogens (tertiary/aromatic N) is 1. The van der Waals surface area contributed by atoms with Crippen LogP contribution in [-0.2, 0) is 16.1 Å². The summed E-state index contributed by atoms with van der Waals surface area (Å²) in [5.41, 5.74) is 3.40. The molecule has 1 fully saturated rings. The van der Waals surface area contributed by atoms with Crippen LogP contribution in [0, 0.1) is 0 Å². The number of hydrogen-bond donors (Lipinski definition) is 1. The second-order valence-corrected chi connectivity index (χ2v) is 9.14. The molecule has 0 spiro atoms. The van der Waals surface area contributed by atoms with E-state index in [1.807, 2.05) is 24.3 Å². The van der Waals surface area contributed by atoms with Gasteiger partial charge in [0.15, 0.2) is 0 Å². The molecule has 1 N–H and O–H groups in total. The van der Waals surface area contributed by atoms with Gasteiger partial charge >= 0.3 is 0 Å². The third kappa shape index (κ3) is 6.23. The number of hydrogen-bond acceptors (Lipinski definition) is 3. The van der Waals surface area contributed by atoms with E-state index in [-0.39, 0.29) is 24.9 Å². The number of carbonyl (C=O) groups is 1. The molecule has 2 aromatic rings. The molecular formula is C24H28Cl2N2O3. The first-order valence-corrected chi connectivity index (χ1v) is 10.7. The van der Waals surface area contributed by atoms with Crippen molar-refractivity contribution in [1.82, 2.24) is 0 Å². The number of halogens is 2. The van der Waals surface area contributed by atoms with Crippen LogP contribution in [0.25, 0.3) is 6.08 Å². The summed E-state index contributed by atoms with van der Waals surface area (Å²) in [7, 11) is 4.47. The van der Waals surface area contributed by atoms with E-state index in [4.69, 9.17) is 21.1 Å². The molecule has 166 valence electrons. The summed E-state index contributed by atoms with van der Waals surface area (Å²) in [5, 5.41) is 3.58. The lowest BCUT2D eigenvalue weighted by Crippen LogP contribution is -3.00. The Kier molecular flexibility index (Phi) is 7.65. The normalized spacial score (nSPS) is 17.8. The van der Waals surface area contributed by atoms with Crippen LogP contribution in [0.3, 0.4) is 0 Å². The Hall–Kier alpha value is -2.05. The van der Waals surface area contributed by atoms with Crippen molar-refractivity contribution in [3.8, 4) is 5.75 Å². The van der Waals surface area contributed by atoms with Crippen molar-refractivity contribution >= 4 is 29.3 Å². The van der Waals surface area contributed by atoms with Gasteiger partial charge in [-0.1, -0.05) is 23.7 Å². The average Bonchev–Trinajstić information content (AvgIpc) is 3.20. The molecule has 4 rings (SSSR count). The summed E-state index contributed by atoms with van der Waals surface area (Å²) in [6.45, 7) is 3.06. The molecule has 0 aromatic heterocycles. The average molecular weight is 463 g/mol. The Bertz CT molecular complexity index is 952. The Morgan fingerprint density at radius 3 is 2.68 bits per heavy atom. The number of ether oxygens (including phenoxy) is 2. The van der Waals surface area contributed by atoms with Crippen LogP contribution in [-0.4, -0.2) is 50.3 Å². The maximum Gasteiger partial charge on any atom is 0.255 e. The molecule has 2 heterocycles. The molecule has 0 radical (unpaired) electrons. The predicted molar refractivity (Wildman–Crippen MR) is 120 cm³/mol. The zero-order valence-corrected chi connectivity index (χ0v) is 19.4. The standard InChI is InChI=1S/C24H27ClN2O3.ClH/c1-27(2,15-22-4-3-11-29-22)14-17-5-8-21(9-6-17)26-24(28)19-12-18-13-20(25)7-10-23(18)30-16-19;/h5-10,12-13,22H,3-4,11,14-16H2,1-2H3;1H/t22-;/m1./s1. The zero-order chi connectivity index (χ0) is 21.1. The van der Waals surface area contributed by atoms with E-state index in [0.29, 0.717) is 16.7 Å². The second-order valence-electron chi connectivity index (χ2n) is 8.70. The van der Waals surface area contributed by atoms with E-state index >= 15 is 0 Å². The Morgan fingerprint density at radius 2 is 1.97 bits per heavy atom. The molecule has 1 amide bonds. The van der Waals surface area contributed by atoms with Gasteiger partial charge in [-0.25, -0.2) is 0 Å². The molecule has 2 aliphatic rings. The molecule has 2 aromatic carbocycles. The van der Waals surface area contributed by atoms with Crippen molar-refractivity contribution in [3.05, 3.63) is 64.2 Å². The molecule has 0 bridgehead atoms. The van der Waals surface area contributed by atoms with Crippen molar-refractivity contribution < 1.29 is 31.2 Å². The first kappa shape index (κ1) is 23.6. The molecule has 0 aliphatic carbocycles. The highest BCUT2D eigenvalue weighted by Gasteiger charge is 2.26. The number of benzene rings is 2. The van der Waals surface area contributed by atoms with Crippen LogP contribution in [0.1, 0.15) is 24.0 Å². The van der Waals surface area contributed by atoms with Gasteiger partial charge in [-0.3, -0.25) is 4.79 Å². The van der Waals surface area contributed by atoms with Gasteiger partial charge in [-0.15, -0.1) is 0 Å². The lowest BCUT2D eigenvalue weighted by molar-refractivity contribution is -0.906. The monoisotopic (exact) mass is 462 g/mol.